The van der Waals surface area contributed by atoms with Gasteiger partial charge in [-0.3, -0.25) is 14.4 Å². The molecular formula is C53H102O6. The van der Waals surface area contributed by atoms with Crippen molar-refractivity contribution in [3.05, 3.63) is 0 Å². The molecule has 0 saturated carbocycles. The minimum absolute atomic E-state index is 0.0627. The van der Waals surface area contributed by atoms with Crippen LogP contribution in [0, 0.1) is 5.92 Å². The second kappa shape index (κ2) is 47.5. The van der Waals surface area contributed by atoms with Gasteiger partial charge in [-0.05, 0) is 25.2 Å². The molecule has 59 heavy (non-hydrogen) atoms. The lowest BCUT2D eigenvalue weighted by Gasteiger charge is -2.18. The van der Waals surface area contributed by atoms with Gasteiger partial charge in [0, 0.05) is 19.3 Å². The van der Waals surface area contributed by atoms with E-state index in [0.717, 1.165) is 63.7 Å². The first-order valence-electron chi connectivity index (χ1n) is 26.4. The van der Waals surface area contributed by atoms with E-state index in [1.165, 1.54) is 193 Å². The topological polar surface area (TPSA) is 78.9 Å². The quantitative estimate of drug-likeness (QED) is 0.0345. The van der Waals surface area contributed by atoms with Crippen LogP contribution in [0.4, 0.5) is 0 Å². The van der Waals surface area contributed by atoms with Crippen molar-refractivity contribution in [1.82, 2.24) is 0 Å². The number of carbonyl (C=O) groups is 3. The molecule has 0 aliphatic heterocycles. The van der Waals surface area contributed by atoms with Gasteiger partial charge in [0.15, 0.2) is 6.10 Å². The van der Waals surface area contributed by atoms with E-state index in [0.29, 0.717) is 19.3 Å². The fourth-order valence-corrected chi connectivity index (χ4v) is 8.04. The molecule has 6 heteroatoms. The number of carbonyl (C=O) groups excluding carboxylic acids is 3. The highest BCUT2D eigenvalue weighted by Gasteiger charge is 2.19. The van der Waals surface area contributed by atoms with Gasteiger partial charge in [-0.1, -0.05) is 259 Å². The molecule has 0 spiro atoms. The summed E-state index contributed by atoms with van der Waals surface area (Å²) in [5, 5.41) is 0. The van der Waals surface area contributed by atoms with Crippen LogP contribution in [-0.4, -0.2) is 37.2 Å². The molecule has 0 saturated heterocycles. The lowest BCUT2D eigenvalue weighted by atomic mass is 10.0. The molecule has 0 heterocycles. The van der Waals surface area contributed by atoms with Gasteiger partial charge in [0.1, 0.15) is 13.2 Å². The van der Waals surface area contributed by atoms with E-state index in [9.17, 15) is 14.4 Å². The van der Waals surface area contributed by atoms with Crippen LogP contribution in [0.3, 0.4) is 0 Å². The second-order valence-corrected chi connectivity index (χ2v) is 18.6. The van der Waals surface area contributed by atoms with Gasteiger partial charge < -0.3 is 14.2 Å². The molecule has 0 aromatic heterocycles. The number of hydrogen-bond donors (Lipinski definition) is 0. The van der Waals surface area contributed by atoms with Crippen LogP contribution < -0.4 is 0 Å². The Morgan fingerprint density at radius 2 is 0.559 bits per heavy atom. The lowest BCUT2D eigenvalue weighted by molar-refractivity contribution is -0.167. The Balaban J connectivity index is 4.25. The van der Waals surface area contributed by atoms with Crippen molar-refractivity contribution < 1.29 is 28.6 Å². The average Bonchev–Trinajstić information content (AvgIpc) is 3.22. The van der Waals surface area contributed by atoms with Crippen LogP contribution in [0.25, 0.3) is 0 Å². The summed E-state index contributed by atoms with van der Waals surface area (Å²) >= 11 is 0. The molecule has 0 aliphatic carbocycles. The molecule has 0 rings (SSSR count). The molecule has 0 aromatic rings. The van der Waals surface area contributed by atoms with Crippen molar-refractivity contribution in [2.24, 2.45) is 5.92 Å². The van der Waals surface area contributed by atoms with Gasteiger partial charge in [-0.2, -0.15) is 0 Å². The number of rotatable bonds is 48. The summed E-state index contributed by atoms with van der Waals surface area (Å²) in [5.74, 6) is -0.00535. The summed E-state index contributed by atoms with van der Waals surface area (Å²) < 4.78 is 16.8. The van der Waals surface area contributed by atoms with Gasteiger partial charge in [-0.15, -0.1) is 0 Å². The molecule has 0 aliphatic rings. The van der Waals surface area contributed by atoms with E-state index in [4.69, 9.17) is 14.2 Å². The monoisotopic (exact) mass is 835 g/mol. The first-order chi connectivity index (χ1) is 28.9. The van der Waals surface area contributed by atoms with E-state index in [1.54, 1.807) is 0 Å². The van der Waals surface area contributed by atoms with E-state index in [-0.39, 0.29) is 31.1 Å². The molecule has 0 bridgehead atoms. The van der Waals surface area contributed by atoms with Crippen LogP contribution in [-0.2, 0) is 28.6 Å². The van der Waals surface area contributed by atoms with Crippen molar-refractivity contribution in [2.75, 3.05) is 13.2 Å². The zero-order valence-corrected chi connectivity index (χ0v) is 40.2. The fraction of sp³-hybridized carbons (Fsp3) is 0.943. The highest BCUT2D eigenvalue weighted by atomic mass is 16.6. The molecule has 0 amide bonds. The summed E-state index contributed by atoms with van der Waals surface area (Å²) in [6.07, 6.45) is 49.5. The molecule has 6 nitrogen and oxygen atoms in total. The highest BCUT2D eigenvalue weighted by molar-refractivity contribution is 5.71. The van der Waals surface area contributed by atoms with Crippen LogP contribution in [0.15, 0.2) is 0 Å². The fourth-order valence-electron chi connectivity index (χ4n) is 8.04. The largest absolute Gasteiger partial charge is 0.462 e. The first-order valence-corrected chi connectivity index (χ1v) is 26.4. The van der Waals surface area contributed by atoms with E-state index < -0.39 is 6.10 Å². The first kappa shape index (κ1) is 57.4. The minimum atomic E-state index is -0.760. The van der Waals surface area contributed by atoms with Gasteiger partial charge in [0.2, 0.25) is 0 Å². The maximum Gasteiger partial charge on any atom is 0.306 e. The molecule has 0 aromatic carbocycles. The van der Waals surface area contributed by atoms with Crippen LogP contribution in [0.5, 0.6) is 0 Å². The Bertz CT molecular complexity index is 887. The molecular weight excluding hydrogens is 733 g/mol. The van der Waals surface area contributed by atoms with E-state index >= 15 is 0 Å². The second-order valence-electron chi connectivity index (χ2n) is 18.6. The summed E-state index contributed by atoms with van der Waals surface area (Å²) in [6.45, 7) is 9.02. The van der Waals surface area contributed by atoms with Gasteiger partial charge in [0.25, 0.3) is 0 Å². The summed E-state index contributed by atoms with van der Waals surface area (Å²) in [6, 6.07) is 0. The van der Waals surface area contributed by atoms with Gasteiger partial charge >= 0.3 is 17.9 Å². The van der Waals surface area contributed by atoms with Crippen LogP contribution in [0.1, 0.15) is 297 Å². The smallest absolute Gasteiger partial charge is 0.306 e. The van der Waals surface area contributed by atoms with Gasteiger partial charge in [0.05, 0.1) is 0 Å². The van der Waals surface area contributed by atoms with Gasteiger partial charge in [-0.25, -0.2) is 0 Å². The average molecular weight is 835 g/mol. The summed E-state index contributed by atoms with van der Waals surface area (Å²) in [7, 11) is 0. The zero-order valence-electron chi connectivity index (χ0n) is 40.2. The third-order valence-corrected chi connectivity index (χ3v) is 12.0. The summed E-state index contributed by atoms with van der Waals surface area (Å²) in [4.78, 5) is 37.9. The van der Waals surface area contributed by atoms with Crippen molar-refractivity contribution >= 4 is 17.9 Å². The third-order valence-electron chi connectivity index (χ3n) is 12.0. The molecule has 350 valence electrons. The Hall–Kier alpha value is -1.59. The molecule has 0 radical (unpaired) electrons. The van der Waals surface area contributed by atoms with E-state index in [1.807, 2.05) is 0 Å². The maximum atomic E-state index is 12.8. The number of hydrogen-bond acceptors (Lipinski definition) is 6. The number of unbranched alkanes of at least 4 members (excludes halogenated alkanes) is 35. The number of ether oxygens (including phenoxy) is 3. The lowest BCUT2D eigenvalue weighted by Crippen LogP contribution is -2.30. The maximum absolute atomic E-state index is 12.8. The molecule has 0 unspecified atom stereocenters. The predicted octanol–water partition coefficient (Wildman–Crippen LogP) is 17.1. The van der Waals surface area contributed by atoms with Crippen molar-refractivity contribution in [3.63, 3.8) is 0 Å². The standard InChI is InChI=1S/C53H102O6/c1-5-7-9-11-13-15-16-17-18-19-22-26-30-34-38-42-46-53(56)59-50(47-57-51(54)44-40-36-32-27-14-12-10-8-6-2)48-58-52(55)45-41-37-33-29-25-23-20-21-24-28-31-35-39-43-49(3)4/h49-50H,5-48H2,1-4H3/t50-/m1/s1. The summed E-state index contributed by atoms with van der Waals surface area (Å²) in [5.41, 5.74) is 0. The van der Waals surface area contributed by atoms with Crippen molar-refractivity contribution in [2.45, 2.75) is 303 Å². The number of esters is 3. The zero-order chi connectivity index (χ0) is 43.1. The third kappa shape index (κ3) is 47.3. The van der Waals surface area contributed by atoms with Crippen LogP contribution in [0.2, 0.25) is 0 Å². The Morgan fingerprint density at radius 3 is 0.831 bits per heavy atom. The molecule has 0 N–H and O–H groups in total. The normalized spacial score (nSPS) is 11.9. The van der Waals surface area contributed by atoms with E-state index in [2.05, 4.69) is 27.7 Å². The van der Waals surface area contributed by atoms with Crippen molar-refractivity contribution in [1.29, 1.82) is 0 Å². The Kier molecular flexibility index (Phi) is 46.2. The van der Waals surface area contributed by atoms with Crippen molar-refractivity contribution in [3.8, 4) is 0 Å². The Morgan fingerprint density at radius 1 is 0.322 bits per heavy atom. The Labute approximate surface area is 368 Å². The minimum Gasteiger partial charge on any atom is -0.462 e. The highest BCUT2D eigenvalue weighted by Crippen LogP contribution is 2.17. The molecule has 0 fully saturated rings. The van der Waals surface area contributed by atoms with Crippen LogP contribution >= 0.6 is 0 Å². The predicted molar refractivity (Wildman–Crippen MR) is 252 cm³/mol. The molecule has 1 atom stereocenters. The SMILES string of the molecule is CCCCCCCCCCCCCCCCCCC(=O)O[C@H](COC(=O)CCCCCCCCCCC)COC(=O)CCCCCCCCCCCCCCCC(C)C.